The molecule has 2 heterocycles. The van der Waals surface area contributed by atoms with Crippen LogP contribution in [0.25, 0.3) is 0 Å². The molecule has 4 atom stereocenters. The maximum atomic E-state index is 12.9. The van der Waals surface area contributed by atoms with Gasteiger partial charge < -0.3 is 10.2 Å². The smallest absolute Gasteiger partial charge is 0.239 e. The van der Waals surface area contributed by atoms with Crippen molar-refractivity contribution in [3.8, 4) is 0 Å². The van der Waals surface area contributed by atoms with Gasteiger partial charge in [-0.3, -0.25) is 4.79 Å². The van der Waals surface area contributed by atoms with Gasteiger partial charge in [0.1, 0.15) is 0 Å². The number of piperidine rings is 2. The van der Waals surface area contributed by atoms with Gasteiger partial charge in [-0.05, 0) is 56.9 Å². The summed E-state index contributed by atoms with van der Waals surface area (Å²) in [7, 11) is 0. The maximum absolute atomic E-state index is 12.9. The molecule has 4 unspecified atom stereocenters. The van der Waals surface area contributed by atoms with Crippen LogP contribution in [0.1, 0.15) is 64.7 Å². The number of carbonyl (C=O) groups is 1. The molecular formula is C17H30N2O. The number of nitrogens with one attached hydrogen (secondary N) is 1. The van der Waals surface area contributed by atoms with E-state index < -0.39 is 0 Å². The minimum Gasteiger partial charge on any atom is -0.338 e. The number of hydrogen-bond acceptors (Lipinski definition) is 2. The van der Waals surface area contributed by atoms with Crippen molar-refractivity contribution in [2.75, 3.05) is 13.1 Å². The van der Waals surface area contributed by atoms with Gasteiger partial charge in [-0.25, -0.2) is 0 Å². The van der Waals surface area contributed by atoms with Crippen LogP contribution in [0.5, 0.6) is 0 Å². The third-order valence-electron chi connectivity index (χ3n) is 5.91. The van der Waals surface area contributed by atoms with Gasteiger partial charge in [0.15, 0.2) is 0 Å². The molecule has 3 aliphatic rings. The number of rotatable bonds is 2. The van der Waals surface area contributed by atoms with Crippen LogP contribution >= 0.6 is 0 Å². The Balaban J connectivity index is 1.65. The number of nitrogens with zero attached hydrogens (tertiary/aromatic N) is 1. The predicted molar refractivity (Wildman–Crippen MR) is 81.5 cm³/mol. The van der Waals surface area contributed by atoms with Gasteiger partial charge in [0.2, 0.25) is 5.91 Å². The second kappa shape index (κ2) is 6.46. The van der Waals surface area contributed by atoms with Gasteiger partial charge in [-0.15, -0.1) is 0 Å². The Labute approximate surface area is 123 Å². The summed E-state index contributed by atoms with van der Waals surface area (Å²) in [5, 5.41) is 3.48. The van der Waals surface area contributed by atoms with Crippen molar-refractivity contribution in [2.24, 2.45) is 11.8 Å². The number of amides is 1. The first-order valence-electron chi connectivity index (χ1n) is 8.83. The molecule has 2 saturated heterocycles. The van der Waals surface area contributed by atoms with Gasteiger partial charge in [0, 0.05) is 12.6 Å². The summed E-state index contributed by atoms with van der Waals surface area (Å²) >= 11 is 0. The lowest BCUT2D eigenvalue weighted by atomic mass is 9.78. The first-order chi connectivity index (χ1) is 9.79. The van der Waals surface area contributed by atoms with Crippen LogP contribution in [0.4, 0.5) is 0 Å². The molecule has 0 aromatic carbocycles. The Kier molecular flexibility index (Phi) is 4.65. The van der Waals surface area contributed by atoms with E-state index >= 15 is 0 Å². The van der Waals surface area contributed by atoms with Gasteiger partial charge in [0.25, 0.3) is 0 Å². The van der Waals surface area contributed by atoms with Crippen LogP contribution in [-0.4, -0.2) is 36.0 Å². The number of fused-ring (bicyclic) bond motifs is 1. The van der Waals surface area contributed by atoms with E-state index in [1.54, 1.807) is 0 Å². The maximum Gasteiger partial charge on any atom is 0.239 e. The number of carbonyl (C=O) groups excluding carboxylic acids is 1. The van der Waals surface area contributed by atoms with Crippen LogP contribution in [-0.2, 0) is 4.79 Å². The minimum absolute atomic E-state index is 0.106. The van der Waals surface area contributed by atoms with Crippen molar-refractivity contribution in [3.63, 3.8) is 0 Å². The molecule has 3 rings (SSSR count). The highest BCUT2D eigenvalue weighted by Crippen LogP contribution is 2.36. The molecule has 0 spiro atoms. The van der Waals surface area contributed by atoms with Crippen LogP contribution in [0, 0.1) is 11.8 Å². The van der Waals surface area contributed by atoms with Crippen molar-refractivity contribution in [1.29, 1.82) is 0 Å². The van der Waals surface area contributed by atoms with E-state index in [-0.39, 0.29) is 6.04 Å². The molecule has 3 nitrogen and oxygen atoms in total. The standard InChI is InChI=1S/C17H30N2O/c1-2-13-9-10-18-15(12-13)17(20)19-11-5-7-14-6-3-4-8-16(14)19/h13-16,18H,2-12H2,1H3. The summed E-state index contributed by atoms with van der Waals surface area (Å²) in [5.41, 5.74) is 0. The van der Waals surface area contributed by atoms with Gasteiger partial charge in [-0.1, -0.05) is 26.2 Å². The van der Waals surface area contributed by atoms with Gasteiger partial charge in [0.05, 0.1) is 6.04 Å². The fourth-order valence-electron chi connectivity index (χ4n) is 4.65. The lowest BCUT2D eigenvalue weighted by Gasteiger charge is -2.46. The van der Waals surface area contributed by atoms with Crippen molar-refractivity contribution in [2.45, 2.75) is 76.8 Å². The molecule has 2 aliphatic heterocycles. The van der Waals surface area contributed by atoms with Gasteiger partial charge >= 0.3 is 0 Å². The zero-order valence-corrected chi connectivity index (χ0v) is 12.9. The molecule has 3 heteroatoms. The van der Waals surface area contributed by atoms with E-state index in [1.165, 1.54) is 51.4 Å². The minimum atomic E-state index is 0.106. The molecular weight excluding hydrogens is 248 g/mol. The summed E-state index contributed by atoms with van der Waals surface area (Å²) in [6.07, 6.45) is 11.4. The molecule has 0 bridgehead atoms. The van der Waals surface area contributed by atoms with Crippen molar-refractivity contribution in [1.82, 2.24) is 10.2 Å². The predicted octanol–water partition coefficient (Wildman–Crippen LogP) is 2.95. The Morgan fingerprint density at radius 2 is 1.95 bits per heavy atom. The summed E-state index contributed by atoms with van der Waals surface area (Å²) in [5.74, 6) is 1.96. The molecule has 0 radical (unpaired) electrons. The molecule has 1 aliphatic carbocycles. The summed E-state index contributed by atoms with van der Waals surface area (Å²) in [4.78, 5) is 15.2. The molecule has 3 fully saturated rings. The largest absolute Gasteiger partial charge is 0.338 e. The fraction of sp³-hybridized carbons (Fsp3) is 0.941. The molecule has 114 valence electrons. The first kappa shape index (κ1) is 14.4. The monoisotopic (exact) mass is 278 g/mol. The Hall–Kier alpha value is -0.570. The van der Waals surface area contributed by atoms with Crippen molar-refractivity contribution in [3.05, 3.63) is 0 Å². The molecule has 0 aromatic heterocycles. The lowest BCUT2D eigenvalue weighted by Crippen LogP contribution is -2.57. The molecule has 20 heavy (non-hydrogen) atoms. The van der Waals surface area contributed by atoms with E-state index in [1.807, 2.05) is 0 Å². The average Bonchev–Trinajstić information content (AvgIpc) is 2.53. The van der Waals surface area contributed by atoms with Gasteiger partial charge in [-0.2, -0.15) is 0 Å². The summed E-state index contributed by atoms with van der Waals surface area (Å²) < 4.78 is 0. The summed E-state index contributed by atoms with van der Waals surface area (Å²) in [6.45, 7) is 4.29. The lowest BCUT2D eigenvalue weighted by molar-refractivity contribution is -0.140. The first-order valence-corrected chi connectivity index (χ1v) is 8.83. The van der Waals surface area contributed by atoms with Crippen LogP contribution in [0.15, 0.2) is 0 Å². The summed E-state index contributed by atoms with van der Waals surface area (Å²) in [6, 6.07) is 0.670. The number of hydrogen-bond donors (Lipinski definition) is 1. The van der Waals surface area contributed by atoms with E-state index in [0.717, 1.165) is 31.3 Å². The Bertz CT molecular complexity index is 342. The van der Waals surface area contributed by atoms with E-state index in [9.17, 15) is 4.79 Å². The SMILES string of the molecule is CCC1CCNC(C(=O)N2CCCC3CCCCC32)C1. The fourth-order valence-corrected chi connectivity index (χ4v) is 4.65. The Morgan fingerprint density at radius 3 is 2.80 bits per heavy atom. The second-order valence-corrected chi connectivity index (χ2v) is 7.09. The zero-order chi connectivity index (χ0) is 13.9. The van der Waals surface area contributed by atoms with Crippen LogP contribution in [0.2, 0.25) is 0 Å². The Morgan fingerprint density at radius 1 is 1.15 bits per heavy atom. The van der Waals surface area contributed by atoms with E-state index in [2.05, 4.69) is 17.1 Å². The van der Waals surface area contributed by atoms with Crippen molar-refractivity contribution < 1.29 is 4.79 Å². The van der Waals surface area contributed by atoms with Crippen LogP contribution in [0.3, 0.4) is 0 Å². The highest BCUT2D eigenvalue weighted by Gasteiger charge is 2.38. The zero-order valence-electron chi connectivity index (χ0n) is 12.9. The highest BCUT2D eigenvalue weighted by atomic mass is 16.2. The van der Waals surface area contributed by atoms with E-state index in [4.69, 9.17) is 0 Å². The third-order valence-corrected chi connectivity index (χ3v) is 5.91. The average molecular weight is 278 g/mol. The molecule has 1 amide bonds. The highest BCUT2D eigenvalue weighted by molar-refractivity contribution is 5.82. The second-order valence-electron chi connectivity index (χ2n) is 7.09. The molecule has 1 N–H and O–H groups in total. The van der Waals surface area contributed by atoms with E-state index in [0.29, 0.717) is 11.9 Å². The van der Waals surface area contributed by atoms with Crippen LogP contribution < -0.4 is 5.32 Å². The molecule has 1 saturated carbocycles. The molecule has 0 aromatic rings. The quantitative estimate of drug-likeness (QED) is 0.842. The van der Waals surface area contributed by atoms with Crippen molar-refractivity contribution >= 4 is 5.91 Å². The third kappa shape index (κ3) is 2.88. The normalized spacial score (nSPS) is 38.4. The topological polar surface area (TPSA) is 32.3 Å². The number of likely N-dealkylation sites (tertiary alicyclic amines) is 1.